The normalized spacial score (nSPS) is 25.2. The van der Waals surface area contributed by atoms with Gasteiger partial charge in [0.15, 0.2) is 35.4 Å². The van der Waals surface area contributed by atoms with Crippen molar-refractivity contribution in [1.82, 2.24) is 39.0 Å². The highest BCUT2D eigenvalue weighted by atomic mass is 35.5. The molecule has 28 nitrogen and oxygen atoms in total. The fourth-order valence-electron chi connectivity index (χ4n) is 6.07. The van der Waals surface area contributed by atoms with Crippen LogP contribution in [0.4, 0.5) is 11.6 Å². The van der Waals surface area contributed by atoms with Crippen LogP contribution in [0.1, 0.15) is 54.0 Å². The minimum Gasteiger partial charge on any atom is -0.458 e. The molecule has 0 saturated carbocycles. The maximum Gasteiger partial charge on any atom is 0.365 e. The molecule has 6 rings (SSSR count). The number of halogens is 2. The molecule has 64 heavy (non-hydrogen) atoms. The average Bonchev–Trinajstić information content (AvgIpc) is 3.88. The maximum atomic E-state index is 12.2. The van der Waals surface area contributed by atoms with Gasteiger partial charge in [-0.15, -0.1) is 0 Å². The van der Waals surface area contributed by atoms with E-state index in [1.165, 1.54) is 63.3 Å². The molecule has 4 aromatic heterocycles. The number of nitrogens with zero attached hydrogens (tertiary/aromatic N) is 8. The number of hydrogen-bond acceptors (Lipinski definition) is 22. The Hall–Kier alpha value is -3.80. The van der Waals surface area contributed by atoms with E-state index in [9.17, 15) is 58.7 Å². The standard InChI is InChI=1S/2C16H23ClN5O9P/c2*1-16(2,3)31-13(25)14(32(26,27)28)29-4-6-8(23)9(24)12(30-6)22-5-19-7-10(18)20-15(17)21-11(7)22/h2*5-6,8-9,12,14,23-24H,4H2,1-3H3,(H2,18,20,21)(H2,26,27,28)/t6-,8-,9-,12-,14+;6-,8-,9-,12-,14-/m11/s1. The third-order valence-corrected chi connectivity index (χ3v) is 11.0. The summed E-state index contributed by atoms with van der Waals surface area (Å²) < 4.78 is 57.3. The number of fused-ring (bicyclic) bond motifs is 2. The second kappa shape index (κ2) is 19.2. The highest BCUT2D eigenvalue weighted by Gasteiger charge is 2.49. The summed E-state index contributed by atoms with van der Waals surface area (Å²) >= 11 is 11.6. The summed E-state index contributed by atoms with van der Waals surface area (Å²) in [6, 6.07) is 0. The topological polar surface area (TPSA) is 425 Å². The van der Waals surface area contributed by atoms with E-state index in [1.807, 2.05) is 0 Å². The average molecular weight is 992 g/mol. The molecule has 10 atom stereocenters. The molecule has 6 heterocycles. The number of aliphatic hydroxyl groups excluding tert-OH is 4. The Kier molecular flexibility index (Phi) is 15.4. The number of imidazole rings is 2. The Morgan fingerprint density at radius 2 is 1.00 bits per heavy atom. The van der Waals surface area contributed by atoms with Gasteiger partial charge in [-0.25, -0.2) is 19.6 Å². The van der Waals surface area contributed by atoms with Crippen LogP contribution in [0.3, 0.4) is 0 Å². The second-order valence-electron chi connectivity index (χ2n) is 16.1. The first kappa shape index (κ1) is 51.2. The Morgan fingerprint density at radius 3 is 1.30 bits per heavy atom. The van der Waals surface area contributed by atoms with Crippen LogP contribution in [-0.2, 0) is 47.1 Å². The summed E-state index contributed by atoms with van der Waals surface area (Å²) in [5.74, 6) is -7.05. The van der Waals surface area contributed by atoms with Gasteiger partial charge in [-0.05, 0) is 64.7 Å². The summed E-state index contributed by atoms with van der Waals surface area (Å²) in [6.07, 6.45) is -8.57. The molecule has 2 aliphatic rings. The van der Waals surface area contributed by atoms with Gasteiger partial charge in [0, 0.05) is 0 Å². The van der Waals surface area contributed by atoms with E-state index in [4.69, 9.17) is 63.1 Å². The number of nitrogen functional groups attached to an aromatic ring is 2. The van der Waals surface area contributed by atoms with Crippen molar-refractivity contribution in [3.05, 3.63) is 23.2 Å². The number of aliphatic hydroxyl groups is 4. The SMILES string of the molecule is CC(C)(C)OC(=O)[C@@H](OC[C@H]1O[C@@H](n2cnc3c(N)nc(Cl)nc32)[C@H](O)[C@@H]1O)P(=O)(O)O.CC(C)(C)OC(=O)[C@H](OC[C@H]1O[C@@H](n2cnc3c(N)nc(Cl)nc32)[C@H](O)[C@@H]1O)P(=O)(O)O. The van der Waals surface area contributed by atoms with E-state index < -0.39 is 112 Å². The maximum absolute atomic E-state index is 12.2. The van der Waals surface area contributed by atoms with Gasteiger partial charge in [0.1, 0.15) is 58.9 Å². The van der Waals surface area contributed by atoms with E-state index >= 15 is 0 Å². The van der Waals surface area contributed by atoms with Crippen molar-refractivity contribution in [3.63, 3.8) is 0 Å². The predicted octanol–water partition coefficient (Wildman–Crippen LogP) is -0.914. The molecule has 0 spiro atoms. The first-order valence-corrected chi connectivity index (χ1v) is 22.6. The third-order valence-electron chi connectivity index (χ3n) is 8.73. The van der Waals surface area contributed by atoms with Gasteiger partial charge in [0.05, 0.1) is 25.9 Å². The van der Waals surface area contributed by atoms with Gasteiger partial charge in [0.2, 0.25) is 10.6 Å². The number of rotatable bonds is 12. The number of nitrogens with two attached hydrogens (primary N) is 2. The number of carbonyl (C=O) groups excluding carboxylic acids is 2. The Balaban J connectivity index is 0.000000241. The Bertz CT molecular complexity index is 2270. The van der Waals surface area contributed by atoms with Crippen LogP contribution in [0.15, 0.2) is 12.7 Å². The lowest BCUT2D eigenvalue weighted by molar-refractivity contribution is -0.167. The van der Waals surface area contributed by atoms with Crippen LogP contribution in [0.5, 0.6) is 0 Å². The Morgan fingerprint density at radius 1 is 0.672 bits per heavy atom. The lowest BCUT2D eigenvalue weighted by Gasteiger charge is -2.25. The Labute approximate surface area is 371 Å². The van der Waals surface area contributed by atoms with Crippen molar-refractivity contribution in [1.29, 1.82) is 0 Å². The lowest BCUT2D eigenvalue weighted by atomic mass is 10.1. The van der Waals surface area contributed by atoms with E-state index in [0.717, 1.165) is 0 Å². The molecular formula is C32H46Cl2N10O18P2. The van der Waals surface area contributed by atoms with E-state index in [0.29, 0.717) is 0 Å². The molecule has 0 radical (unpaired) electrons. The molecule has 0 bridgehead atoms. The molecule has 2 fully saturated rings. The molecular weight excluding hydrogens is 945 g/mol. The third kappa shape index (κ3) is 12.0. The first-order valence-electron chi connectivity index (χ1n) is 18.5. The fraction of sp³-hybridized carbons (Fsp3) is 0.625. The summed E-state index contributed by atoms with van der Waals surface area (Å²) in [7, 11) is -10.1. The van der Waals surface area contributed by atoms with Crippen LogP contribution in [0.2, 0.25) is 10.6 Å². The van der Waals surface area contributed by atoms with Crippen molar-refractivity contribution >= 4 is 84.3 Å². The van der Waals surface area contributed by atoms with Gasteiger partial charge in [-0.1, -0.05) is 0 Å². The van der Waals surface area contributed by atoms with Crippen LogP contribution in [0.25, 0.3) is 22.3 Å². The van der Waals surface area contributed by atoms with Gasteiger partial charge < -0.3 is 79.9 Å². The number of anilines is 2. The van der Waals surface area contributed by atoms with Crippen LogP contribution in [-0.4, -0.2) is 164 Å². The molecule has 0 aliphatic carbocycles. The number of esters is 2. The van der Waals surface area contributed by atoms with E-state index in [1.54, 1.807) is 0 Å². The molecule has 4 aromatic rings. The van der Waals surface area contributed by atoms with Gasteiger partial charge in [-0.3, -0.25) is 18.3 Å². The summed E-state index contributed by atoms with van der Waals surface area (Å²) in [5.41, 5.74) is 10.1. The quantitative estimate of drug-likeness (QED) is 0.0466. The summed E-state index contributed by atoms with van der Waals surface area (Å²) in [5, 5.41) is 41.3. The van der Waals surface area contributed by atoms with Gasteiger partial charge >= 0.3 is 27.1 Å². The molecule has 0 aromatic carbocycles. The molecule has 32 heteroatoms. The van der Waals surface area contributed by atoms with Gasteiger partial charge in [-0.2, -0.15) is 19.9 Å². The lowest BCUT2D eigenvalue weighted by Crippen LogP contribution is -2.38. The zero-order valence-corrected chi connectivity index (χ0v) is 37.7. The van der Waals surface area contributed by atoms with Gasteiger partial charge in [0.25, 0.3) is 11.7 Å². The number of ether oxygens (including phenoxy) is 6. The summed E-state index contributed by atoms with van der Waals surface area (Å²) in [6.45, 7) is 7.82. The molecule has 2 saturated heterocycles. The second-order valence-corrected chi connectivity index (χ2v) is 20.1. The fourth-order valence-corrected chi connectivity index (χ4v) is 7.63. The van der Waals surface area contributed by atoms with Crippen molar-refractivity contribution in [2.75, 3.05) is 24.7 Å². The van der Waals surface area contributed by atoms with Crippen molar-refractivity contribution in [2.45, 2.75) is 114 Å². The zero-order chi connectivity index (χ0) is 48.0. The van der Waals surface area contributed by atoms with Crippen molar-refractivity contribution in [3.8, 4) is 0 Å². The largest absolute Gasteiger partial charge is 0.458 e. The van der Waals surface area contributed by atoms with Crippen LogP contribution < -0.4 is 11.5 Å². The molecule has 0 amide bonds. The highest BCUT2D eigenvalue weighted by molar-refractivity contribution is 7.53. The highest BCUT2D eigenvalue weighted by Crippen LogP contribution is 2.45. The van der Waals surface area contributed by atoms with Crippen molar-refractivity contribution in [2.24, 2.45) is 0 Å². The molecule has 356 valence electrons. The van der Waals surface area contributed by atoms with Crippen molar-refractivity contribution < 1.29 is 87.1 Å². The van der Waals surface area contributed by atoms with Crippen LogP contribution in [0, 0.1) is 0 Å². The molecule has 0 unspecified atom stereocenters. The summed E-state index contributed by atoms with van der Waals surface area (Å²) in [4.78, 5) is 85.9. The predicted molar refractivity (Wildman–Crippen MR) is 217 cm³/mol. The van der Waals surface area contributed by atoms with E-state index in [2.05, 4.69) is 29.9 Å². The zero-order valence-electron chi connectivity index (χ0n) is 34.4. The minimum absolute atomic E-state index is 0.00600. The molecule has 12 N–H and O–H groups in total. The number of hydrogen-bond donors (Lipinski definition) is 10. The smallest absolute Gasteiger partial charge is 0.365 e. The number of carbonyl (C=O) groups is 2. The molecule has 2 aliphatic heterocycles. The monoisotopic (exact) mass is 990 g/mol. The van der Waals surface area contributed by atoms with Crippen LogP contribution >= 0.6 is 38.4 Å². The first-order chi connectivity index (χ1) is 29.4. The van der Waals surface area contributed by atoms with E-state index in [-0.39, 0.29) is 44.5 Å². The number of aromatic nitrogens is 8. The minimum atomic E-state index is -5.07.